The van der Waals surface area contributed by atoms with Gasteiger partial charge in [0.25, 0.3) is 0 Å². The summed E-state index contributed by atoms with van der Waals surface area (Å²) in [6.45, 7) is 4.32. The van der Waals surface area contributed by atoms with E-state index >= 15 is 0 Å². The lowest BCUT2D eigenvalue weighted by atomic mass is 9.97. The van der Waals surface area contributed by atoms with Crippen molar-refractivity contribution in [2.24, 2.45) is 11.8 Å². The molecule has 1 aliphatic rings. The Morgan fingerprint density at radius 2 is 2.36 bits per heavy atom. The van der Waals surface area contributed by atoms with Crippen LogP contribution >= 0.6 is 0 Å². The summed E-state index contributed by atoms with van der Waals surface area (Å²) in [5, 5.41) is 11.6. The molecule has 1 amide bonds. The van der Waals surface area contributed by atoms with E-state index in [0.717, 1.165) is 13.1 Å². The number of nitrogens with one attached hydrogen (secondary N) is 1. The summed E-state index contributed by atoms with van der Waals surface area (Å²) in [4.78, 5) is 13.5. The summed E-state index contributed by atoms with van der Waals surface area (Å²) in [6.07, 6.45) is 0.413. The Hall–Kier alpha value is -1.08. The van der Waals surface area contributed by atoms with Crippen LogP contribution in [-0.4, -0.2) is 37.5 Å². The normalized spacial score (nSPS) is 25.8. The van der Waals surface area contributed by atoms with E-state index in [4.69, 9.17) is 5.26 Å². The minimum atomic E-state index is 0.0960. The Morgan fingerprint density at radius 3 is 2.86 bits per heavy atom. The van der Waals surface area contributed by atoms with Crippen LogP contribution in [0, 0.1) is 23.2 Å². The molecule has 1 fully saturated rings. The highest BCUT2D eigenvalue weighted by atomic mass is 16.2. The first-order chi connectivity index (χ1) is 6.66. The fraction of sp³-hybridized carbons (Fsp3) is 0.800. The molecule has 0 bridgehead atoms. The van der Waals surface area contributed by atoms with Crippen LogP contribution in [0.1, 0.15) is 13.3 Å². The van der Waals surface area contributed by atoms with E-state index < -0.39 is 0 Å². The van der Waals surface area contributed by atoms with Gasteiger partial charge in [0.05, 0.1) is 18.4 Å². The van der Waals surface area contributed by atoms with E-state index in [-0.39, 0.29) is 11.8 Å². The number of carbonyl (C=O) groups excluding carboxylic acids is 1. The van der Waals surface area contributed by atoms with Crippen LogP contribution in [0.5, 0.6) is 0 Å². The average Bonchev–Trinajstić information content (AvgIpc) is 2.59. The quantitative estimate of drug-likeness (QED) is 0.700. The summed E-state index contributed by atoms with van der Waals surface area (Å²) >= 11 is 0. The predicted molar refractivity (Wildman–Crippen MR) is 53.4 cm³/mol. The van der Waals surface area contributed by atoms with Crippen molar-refractivity contribution in [3.63, 3.8) is 0 Å². The molecule has 0 aromatic carbocycles. The Kier molecular flexibility index (Phi) is 3.90. The summed E-state index contributed by atoms with van der Waals surface area (Å²) < 4.78 is 0. The average molecular weight is 195 g/mol. The number of nitriles is 1. The smallest absolute Gasteiger partial charge is 0.227 e. The number of hydrogen-bond donors (Lipinski definition) is 1. The lowest BCUT2D eigenvalue weighted by molar-refractivity contribution is -0.134. The molecule has 0 aromatic rings. The molecule has 1 N–H and O–H groups in total. The van der Waals surface area contributed by atoms with Gasteiger partial charge >= 0.3 is 0 Å². The van der Waals surface area contributed by atoms with Gasteiger partial charge < -0.3 is 10.2 Å². The molecule has 1 heterocycles. The molecule has 0 aromatic heterocycles. The van der Waals surface area contributed by atoms with Crippen LogP contribution in [-0.2, 0) is 4.79 Å². The van der Waals surface area contributed by atoms with Crippen molar-refractivity contribution in [1.29, 1.82) is 5.26 Å². The summed E-state index contributed by atoms with van der Waals surface area (Å²) in [5.41, 5.74) is 0. The molecule has 1 saturated heterocycles. The van der Waals surface area contributed by atoms with E-state index in [0.29, 0.717) is 18.9 Å². The van der Waals surface area contributed by atoms with Gasteiger partial charge in [-0.2, -0.15) is 5.26 Å². The van der Waals surface area contributed by atoms with Crippen LogP contribution in [0.25, 0.3) is 0 Å². The molecule has 0 spiro atoms. The summed E-state index contributed by atoms with van der Waals surface area (Å²) in [5.74, 6) is 0.670. The zero-order valence-corrected chi connectivity index (χ0v) is 8.79. The van der Waals surface area contributed by atoms with Gasteiger partial charge in [-0.15, -0.1) is 0 Å². The predicted octanol–water partition coefficient (Wildman–Crippen LogP) is 0.214. The third-order valence-corrected chi connectivity index (χ3v) is 2.77. The molecule has 0 saturated carbocycles. The summed E-state index contributed by atoms with van der Waals surface area (Å²) in [7, 11) is 1.77. The highest BCUT2D eigenvalue weighted by Crippen LogP contribution is 2.17. The van der Waals surface area contributed by atoms with Gasteiger partial charge in [0, 0.05) is 20.1 Å². The molecule has 2 atom stereocenters. The van der Waals surface area contributed by atoms with Crippen molar-refractivity contribution >= 4 is 5.91 Å². The molecular weight excluding hydrogens is 178 g/mol. The van der Waals surface area contributed by atoms with Crippen LogP contribution in [0.2, 0.25) is 0 Å². The van der Waals surface area contributed by atoms with Gasteiger partial charge in [-0.25, -0.2) is 0 Å². The zero-order chi connectivity index (χ0) is 10.6. The number of nitrogens with zero attached hydrogens (tertiary/aromatic N) is 2. The van der Waals surface area contributed by atoms with Gasteiger partial charge in [0.2, 0.25) is 5.91 Å². The molecule has 78 valence electrons. The number of amides is 1. The maximum absolute atomic E-state index is 11.8. The Bertz CT molecular complexity index is 246. The monoisotopic (exact) mass is 195 g/mol. The fourth-order valence-electron chi connectivity index (χ4n) is 1.75. The molecule has 4 nitrogen and oxygen atoms in total. The van der Waals surface area contributed by atoms with Gasteiger partial charge in [0.15, 0.2) is 0 Å². The molecule has 1 aliphatic heterocycles. The fourth-order valence-corrected chi connectivity index (χ4v) is 1.75. The molecule has 0 radical (unpaired) electrons. The highest BCUT2D eigenvalue weighted by Gasteiger charge is 2.31. The standard InChI is InChI=1S/C10H17N3O/c1-8-6-12-7-9(8)10(14)13(2)5-3-4-11/h8-9,12H,3,5-7H2,1-2H3. The molecule has 14 heavy (non-hydrogen) atoms. The Morgan fingerprint density at radius 1 is 1.64 bits per heavy atom. The van der Waals surface area contributed by atoms with Gasteiger partial charge in [-0.3, -0.25) is 4.79 Å². The molecular formula is C10H17N3O. The second-order valence-electron chi connectivity index (χ2n) is 3.91. The van der Waals surface area contributed by atoms with Gasteiger partial charge in [-0.1, -0.05) is 6.92 Å². The first-order valence-corrected chi connectivity index (χ1v) is 4.99. The summed E-state index contributed by atoms with van der Waals surface area (Å²) in [6, 6.07) is 2.05. The zero-order valence-electron chi connectivity index (χ0n) is 8.79. The van der Waals surface area contributed by atoms with Crippen LogP contribution in [0.4, 0.5) is 0 Å². The number of carbonyl (C=O) groups is 1. The van der Waals surface area contributed by atoms with Crippen LogP contribution in [0.3, 0.4) is 0 Å². The second kappa shape index (κ2) is 4.97. The molecule has 0 aliphatic carbocycles. The maximum atomic E-state index is 11.8. The Labute approximate surface area is 84.9 Å². The van der Waals surface area contributed by atoms with Crippen molar-refractivity contribution in [1.82, 2.24) is 10.2 Å². The SMILES string of the molecule is CC1CNCC1C(=O)N(C)CCC#N. The molecule has 1 rings (SSSR count). The van der Waals surface area contributed by atoms with Gasteiger partial charge in [-0.05, 0) is 12.5 Å². The van der Waals surface area contributed by atoms with Crippen molar-refractivity contribution in [2.75, 3.05) is 26.7 Å². The van der Waals surface area contributed by atoms with E-state index in [1.165, 1.54) is 0 Å². The lowest BCUT2D eigenvalue weighted by Gasteiger charge is -2.21. The second-order valence-corrected chi connectivity index (χ2v) is 3.91. The number of rotatable bonds is 3. The minimum Gasteiger partial charge on any atom is -0.344 e. The highest BCUT2D eigenvalue weighted by molar-refractivity contribution is 5.79. The molecule has 4 heteroatoms. The minimum absolute atomic E-state index is 0.0960. The van der Waals surface area contributed by atoms with E-state index in [2.05, 4.69) is 12.2 Å². The van der Waals surface area contributed by atoms with Crippen molar-refractivity contribution in [2.45, 2.75) is 13.3 Å². The van der Waals surface area contributed by atoms with Crippen LogP contribution in [0.15, 0.2) is 0 Å². The topological polar surface area (TPSA) is 56.1 Å². The number of hydrogen-bond acceptors (Lipinski definition) is 3. The maximum Gasteiger partial charge on any atom is 0.227 e. The van der Waals surface area contributed by atoms with Crippen LogP contribution < -0.4 is 5.32 Å². The van der Waals surface area contributed by atoms with Crippen molar-refractivity contribution < 1.29 is 4.79 Å². The first-order valence-electron chi connectivity index (χ1n) is 4.99. The van der Waals surface area contributed by atoms with E-state index in [9.17, 15) is 4.79 Å². The van der Waals surface area contributed by atoms with E-state index in [1.807, 2.05) is 6.07 Å². The Balaban J connectivity index is 2.44. The van der Waals surface area contributed by atoms with Crippen molar-refractivity contribution in [3.8, 4) is 6.07 Å². The lowest BCUT2D eigenvalue weighted by Crippen LogP contribution is -2.36. The molecule has 2 unspecified atom stereocenters. The first kappa shape index (κ1) is 11.0. The third-order valence-electron chi connectivity index (χ3n) is 2.77. The van der Waals surface area contributed by atoms with Crippen molar-refractivity contribution in [3.05, 3.63) is 0 Å². The largest absolute Gasteiger partial charge is 0.344 e. The van der Waals surface area contributed by atoms with Gasteiger partial charge in [0.1, 0.15) is 0 Å². The van der Waals surface area contributed by atoms with E-state index in [1.54, 1.807) is 11.9 Å². The third kappa shape index (κ3) is 2.46.